The highest BCUT2D eigenvalue weighted by Gasteiger charge is 2.25. The first-order valence-electron chi connectivity index (χ1n) is 12.0. The lowest BCUT2D eigenvalue weighted by atomic mass is 9.95. The van der Waals surface area contributed by atoms with E-state index in [-0.39, 0.29) is 24.1 Å². The van der Waals surface area contributed by atoms with E-state index in [1.807, 2.05) is 24.3 Å². The molecule has 0 atom stereocenters. The zero-order valence-corrected chi connectivity index (χ0v) is 19.6. The average Bonchev–Trinajstić information content (AvgIpc) is 2.79. The Hall–Kier alpha value is -2.56. The van der Waals surface area contributed by atoms with Crippen molar-refractivity contribution in [3.05, 3.63) is 48.1 Å². The molecule has 1 aromatic rings. The summed E-state index contributed by atoms with van der Waals surface area (Å²) in [5.74, 6) is 0.144. The summed E-state index contributed by atoms with van der Waals surface area (Å²) in [6.07, 6.45) is 13.2. The molecule has 2 rings (SSSR count). The van der Waals surface area contributed by atoms with Crippen LogP contribution in [0.5, 0.6) is 5.75 Å². The largest absolute Gasteiger partial charge is 0.494 e. The fraction of sp³-hybridized carbons (Fsp3) is 0.556. The number of unbranched alkanes of at least 4 members (excludes halogenated alkanes) is 5. The van der Waals surface area contributed by atoms with Crippen LogP contribution in [0.4, 0.5) is 0 Å². The maximum atomic E-state index is 12.1. The van der Waals surface area contributed by atoms with Gasteiger partial charge in [0.15, 0.2) is 0 Å². The third-order valence-electron chi connectivity index (χ3n) is 5.58. The van der Waals surface area contributed by atoms with Gasteiger partial charge in [-0.15, -0.1) is 0 Å². The minimum Gasteiger partial charge on any atom is -0.494 e. The highest BCUT2D eigenvalue weighted by Crippen LogP contribution is 2.24. The van der Waals surface area contributed by atoms with Crippen molar-refractivity contribution in [2.45, 2.75) is 90.3 Å². The first-order valence-corrected chi connectivity index (χ1v) is 12.0. The van der Waals surface area contributed by atoms with Crippen LogP contribution in [-0.4, -0.2) is 30.8 Å². The van der Waals surface area contributed by atoms with Gasteiger partial charge in [0.05, 0.1) is 6.61 Å². The molecule has 1 aliphatic rings. The van der Waals surface area contributed by atoms with Crippen molar-refractivity contribution in [3.63, 3.8) is 0 Å². The van der Waals surface area contributed by atoms with Crippen molar-refractivity contribution >= 4 is 18.0 Å². The Labute approximate surface area is 192 Å². The quantitative estimate of drug-likeness (QED) is 0.201. The number of rotatable bonds is 13. The lowest BCUT2D eigenvalue weighted by molar-refractivity contribution is -0.152. The summed E-state index contributed by atoms with van der Waals surface area (Å²) >= 11 is 0. The molecule has 0 aliphatic heterocycles. The summed E-state index contributed by atoms with van der Waals surface area (Å²) in [6, 6.07) is 7.72. The molecule has 0 aromatic heterocycles. The third kappa shape index (κ3) is 10.2. The maximum absolute atomic E-state index is 12.1. The van der Waals surface area contributed by atoms with Crippen molar-refractivity contribution in [2.24, 2.45) is 0 Å². The van der Waals surface area contributed by atoms with Crippen LogP contribution in [0.2, 0.25) is 0 Å². The summed E-state index contributed by atoms with van der Waals surface area (Å²) in [4.78, 5) is 23.7. The summed E-state index contributed by atoms with van der Waals surface area (Å²) in [5, 5.41) is 0. The van der Waals surface area contributed by atoms with Gasteiger partial charge in [-0.3, -0.25) is 0 Å². The molecule has 0 amide bonds. The minimum atomic E-state index is -0.354. The molecule has 0 heterocycles. The summed E-state index contributed by atoms with van der Waals surface area (Å²) < 4.78 is 16.7. The molecule has 1 saturated carbocycles. The molecule has 1 fully saturated rings. The average molecular weight is 443 g/mol. The molecule has 176 valence electrons. The molecule has 0 unspecified atom stereocenters. The Morgan fingerprint density at radius 1 is 0.938 bits per heavy atom. The second-order valence-electron chi connectivity index (χ2n) is 8.54. The van der Waals surface area contributed by atoms with Gasteiger partial charge >= 0.3 is 11.9 Å². The molecule has 5 nitrogen and oxygen atoms in total. The van der Waals surface area contributed by atoms with E-state index >= 15 is 0 Å². The smallest absolute Gasteiger partial charge is 0.333 e. The molecule has 0 radical (unpaired) electrons. The van der Waals surface area contributed by atoms with Crippen molar-refractivity contribution in [3.8, 4) is 5.75 Å². The molecule has 1 aliphatic carbocycles. The van der Waals surface area contributed by atoms with E-state index in [0.29, 0.717) is 31.3 Å². The van der Waals surface area contributed by atoms with E-state index in [9.17, 15) is 9.59 Å². The van der Waals surface area contributed by atoms with Crippen LogP contribution in [0, 0.1) is 0 Å². The predicted molar refractivity (Wildman–Crippen MR) is 127 cm³/mol. The van der Waals surface area contributed by atoms with Crippen molar-refractivity contribution < 1.29 is 23.8 Å². The maximum Gasteiger partial charge on any atom is 0.333 e. The summed E-state index contributed by atoms with van der Waals surface area (Å²) in [5.41, 5.74) is 1.32. The first-order chi connectivity index (χ1) is 15.5. The normalized spacial score (nSPS) is 18.3. The van der Waals surface area contributed by atoms with Crippen LogP contribution in [0.1, 0.15) is 83.6 Å². The third-order valence-corrected chi connectivity index (χ3v) is 5.58. The molecular weight excluding hydrogens is 404 g/mol. The number of benzene rings is 1. The lowest BCUT2D eigenvalue weighted by Gasteiger charge is -2.27. The zero-order valence-electron chi connectivity index (χ0n) is 19.6. The lowest BCUT2D eigenvalue weighted by Crippen LogP contribution is -2.29. The summed E-state index contributed by atoms with van der Waals surface area (Å²) in [6.45, 7) is 8.20. The van der Waals surface area contributed by atoms with E-state index in [1.54, 1.807) is 13.0 Å². The van der Waals surface area contributed by atoms with Crippen LogP contribution in [0.25, 0.3) is 6.08 Å². The number of esters is 2. The van der Waals surface area contributed by atoms with Gasteiger partial charge in [-0.25, -0.2) is 9.59 Å². The fourth-order valence-corrected chi connectivity index (χ4v) is 3.64. The Kier molecular flexibility index (Phi) is 11.6. The number of carbonyl (C=O) groups excluding carboxylic acids is 2. The van der Waals surface area contributed by atoms with E-state index in [1.165, 1.54) is 38.2 Å². The van der Waals surface area contributed by atoms with Gasteiger partial charge in [-0.1, -0.05) is 57.7 Å². The van der Waals surface area contributed by atoms with Crippen LogP contribution >= 0.6 is 0 Å². The zero-order chi connectivity index (χ0) is 23.2. The topological polar surface area (TPSA) is 61.8 Å². The van der Waals surface area contributed by atoms with Gasteiger partial charge in [0.25, 0.3) is 0 Å². The molecular formula is C27H38O5. The molecule has 1 aromatic carbocycles. The van der Waals surface area contributed by atoms with Gasteiger partial charge in [0.1, 0.15) is 18.0 Å². The molecule has 0 N–H and O–H groups in total. The predicted octanol–water partition coefficient (Wildman–Crippen LogP) is 6.41. The number of hydrogen-bond donors (Lipinski definition) is 0. The Morgan fingerprint density at radius 3 is 2.16 bits per heavy atom. The fourth-order valence-electron chi connectivity index (χ4n) is 3.64. The van der Waals surface area contributed by atoms with E-state index in [0.717, 1.165) is 24.3 Å². The Morgan fingerprint density at radius 2 is 1.53 bits per heavy atom. The van der Waals surface area contributed by atoms with Crippen molar-refractivity contribution in [1.29, 1.82) is 0 Å². The minimum absolute atomic E-state index is 0.119. The second kappa shape index (κ2) is 14.5. The number of ether oxygens (including phenoxy) is 3. The monoisotopic (exact) mass is 442 g/mol. The van der Waals surface area contributed by atoms with Gasteiger partial charge < -0.3 is 14.2 Å². The van der Waals surface area contributed by atoms with E-state index < -0.39 is 0 Å². The molecule has 32 heavy (non-hydrogen) atoms. The van der Waals surface area contributed by atoms with Crippen LogP contribution in [0.3, 0.4) is 0 Å². The van der Waals surface area contributed by atoms with Gasteiger partial charge in [0, 0.05) is 11.6 Å². The number of hydrogen-bond acceptors (Lipinski definition) is 5. The van der Waals surface area contributed by atoms with Crippen molar-refractivity contribution in [1.82, 2.24) is 0 Å². The van der Waals surface area contributed by atoms with E-state index in [2.05, 4.69) is 13.5 Å². The first kappa shape index (κ1) is 25.7. The Balaban J connectivity index is 1.64. The van der Waals surface area contributed by atoms with Crippen LogP contribution in [-0.2, 0) is 19.1 Å². The highest BCUT2D eigenvalue weighted by atomic mass is 16.6. The van der Waals surface area contributed by atoms with Gasteiger partial charge in [0.2, 0.25) is 0 Å². The molecule has 0 saturated heterocycles. The van der Waals surface area contributed by atoms with Crippen LogP contribution < -0.4 is 4.74 Å². The highest BCUT2D eigenvalue weighted by molar-refractivity contribution is 5.87. The van der Waals surface area contributed by atoms with E-state index in [4.69, 9.17) is 14.2 Å². The Bertz CT molecular complexity index is 742. The van der Waals surface area contributed by atoms with Crippen molar-refractivity contribution in [2.75, 3.05) is 6.61 Å². The van der Waals surface area contributed by atoms with Gasteiger partial charge in [-0.2, -0.15) is 0 Å². The molecule has 0 spiro atoms. The SMILES string of the molecule is C=C(C)C(=O)OC1CCC(OC(=O)/C=C/c2ccc(OCCCCCCCC)cc2)CC1. The summed E-state index contributed by atoms with van der Waals surface area (Å²) in [7, 11) is 0. The second-order valence-corrected chi connectivity index (χ2v) is 8.54. The number of carbonyl (C=O) groups is 2. The molecule has 5 heteroatoms. The standard InChI is InChI=1S/C27H38O5/c1-4-5-6-7-8-9-20-30-23-13-10-22(11-14-23)12-19-26(28)31-24-15-17-25(18-16-24)32-27(29)21(2)3/h10-14,19,24-25H,2,4-9,15-18,20H2,1,3H3/b19-12+. The molecule has 0 bridgehead atoms. The van der Waals surface area contributed by atoms with Gasteiger partial charge in [-0.05, 0) is 62.8 Å². The van der Waals surface area contributed by atoms with Crippen LogP contribution in [0.15, 0.2) is 42.5 Å².